The molecule has 0 aliphatic carbocycles. The van der Waals surface area contributed by atoms with Crippen LogP contribution in [0.2, 0.25) is 0 Å². The molecule has 8 heteroatoms. The highest BCUT2D eigenvalue weighted by Gasteiger charge is 2.38. The summed E-state index contributed by atoms with van der Waals surface area (Å²) in [5, 5.41) is -0.669. The van der Waals surface area contributed by atoms with Crippen molar-refractivity contribution in [3.8, 4) is 5.69 Å². The summed E-state index contributed by atoms with van der Waals surface area (Å²) in [4.78, 5) is 4.00. The molecule has 0 saturated carbocycles. The molecule has 1 saturated heterocycles. The van der Waals surface area contributed by atoms with Gasteiger partial charge in [-0.2, -0.15) is 0 Å². The molecule has 2 unspecified atom stereocenters. The molecule has 7 nitrogen and oxygen atoms in total. The molecule has 1 aliphatic rings. The van der Waals surface area contributed by atoms with Crippen LogP contribution >= 0.6 is 0 Å². The minimum Gasteiger partial charge on any atom is -0.378 e. The molecule has 2 aromatic rings. The summed E-state index contributed by atoms with van der Waals surface area (Å²) >= 11 is 0. The second-order valence-corrected chi connectivity index (χ2v) is 7.34. The van der Waals surface area contributed by atoms with Gasteiger partial charge in [0, 0.05) is 31.7 Å². The van der Waals surface area contributed by atoms with E-state index < -0.39 is 21.4 Å². The summed E-state index contributed by atoms with van der Waals surface area (Å²) < 4.78 is 39.6. The Kier molecular flexibility index (Phi) is 4.76. The van der Waals surface area contributed by atoms with E-state index in [0.29, 0.717) is 6.61 Å². The molecule has 1 fully saturated rings. The monoisotopic (exact) mass is 337 g/mol. The van der Waals surface area contributed by atoms with Crippen LogP contribution in [-0.4, -0.2) is 49.6 Å². The Morgan fingerprint density at radius 2 is 2.13 bits per heavy atom. The maximum absolute atomic E-state index is 12.3. The van der Waals surface area contributed by atoms with Gasteiger partial charge in [-0.3, -0.25) is 0 Å². The lowest BCUT2D eigenvalue weighted by molar-refractivity contribution is 0.0828. The van der Waals surface area contributed by atoms with E-state index in [0.717, 1.165) is 11.3 Å². The Labute approximate surface area is 135 Å². The van der Waals surface area contributed by atoms with Crippen LogP contribution in [0.4, 0.5) is 0 Å². The Balaban J connectivity index is 1.64. The van der Waals surface area contributed by atoms with Crippen LogP contribution in [0.3, 0.4) is 0 Å². The molecule has 1 aliphatic heterocycles. The third-order valence-electron chi connectivity index (χ3n) is 3.90. The number of methoxy groups -OCH3 is 1. The van der Waals surface area contributed by atoms with E-state index >= 15 is 0 Å². The van der Waals surface area contributed by atoms with E-state index in [2.05, 4.69) is 9.71 Å². The molecule has 2 atom stereocenters. The van der Waals surface area contributed by atoms with Crippen LogP contribution in [0, 0.1) is 0 Å². The first-order valence-corrected chi connectivity index (χ1v) is 8.81. The zero-order chi connectivity index (χ0) is 16.3. The fourth-order valence-corrected chi connectivity index (χ4v) is 3.96. The van der Waals surface area contributed by atoms with Crippen molar-refractivity contribution < 1.29 is 17.9 Å². The zero-order valence-corrected chi connectivity index (χ0v) is 13.6. The van der Waals surface area contributed by atoms with Crippen molar-refractivity contribution in [2.45, 2.75) is 17.9 Å². The molecule has 1 aromatic carbocycles. The summed E-state index contributed by atoms with van der Waals surface area (Å²) in [7, 11) is -1.99. The largest absolute Gasteiger partial charge is 0.378 e. The van der Waals surface area contributed by atoms with E-state index in [1.807, 2.05) is 35.0 Å². The number of aromatic nitrogens is 2. The van der Waals surface area contributed by atoms with Crippen LogP contribution in [0.15, 0.2) is 43.0 Å². The zero-order valence-electron chi connectivity index (χ0n) is 12.8. The molecule has 0 spiro atoms. The molecule has 0 bridgehead atoms. The molecular formula is C15H19N3O4S. The molecule has 2 heterocycles. The van der Waals surface area contributed by atoms with Gasteiger partial charge in [-0.25, -0.2) is 18.1 Å². The number of benzene rings is 1. The lowest BCUT2D eigenvalue weighted by Gasteiger charge is -2.17. The third-order valence-corrected chi connectivity index (χ3v) is 5.68. The Morgan fingerprint density at radius 1 is 1.35 bits per heavy atom. The lowest BCUT2D eigenvalue weighted by atomic mass is 10.2. The quantitative estimate of drug-likeness (QED) is 0.839. The molecule has 23 heavy (non-hydrogen) atoms. The second-order valence-electron chi connectivity index (χ2n) is 5.35. The van der Waals surface area contributed by atoms with Gasteiger partial charge in [-0.05, 0) is 17.7 Å². The second kappa shape index (κ2) is 6.79. The van der Waals surface area contributed by atoms with Crippen molar-refractivity contribution >= 4 is 10.0 Å². The van der Waals surface area contributed by atoms with Crippen molar-refractivity contribution in [3.63, 3.8) is 0 Å². The number of nitrogens with one attached hydrogen (secondary N) is 1. The lowest BCUT2D eigenvalue weighted by Crippen LogP contribution is -2.41. The Bertz CT molecular complexity index is 729. The van der Waals surface area contributed by atoms with Crippen molar-refractivity contribution in [1.82, 2.24) is 14.3 Å². The summed E-state index contributed by atoms with van der Waals surface area (Å²) in [6.45, 7) is 0.703. The first-order valence-electron chi connectivity index (χ1n) is 7.26. The van der Waals surface area contributed by atoms with Crippen LogP contribution in [0.25, 0.3) is 5.69 Å². The number of nitrogens with zero attached hydrogens (tertiary/aromatic N) is 2. The molecule has 124 valence electrons. The van der Waals surface area contributed by atoms with Gasteiger partial charge >= 0.3 is 0 Å². The summed E-state index contributed by atoms with van der Waals surface area (Å²) in [6.07, 6.45) is 4.85. The number of hydrogen-bond donors (Lipinski definition) is 1. The van der Waals surface area contributed by atoms with E-state index in [1.54, 1.807) is 12.5 Å². The van der Waals surface area contributed by atoms with Crippen molar-refractivity contribution in [2.75, 3.05) is 20.3 Å². The predicted molar refractivity (Wildman–Crippen MR) is 84.7 cm³/mol. The van der Waals surface area contributed by atoms with E-state index in [4.69, 9.17) is 9.47 Å². The normalized spacial score (nSPS) is 21.6. The minimum atomic E-state index is -3.49. The summed E-state index contributed by atoms with van der Waals surface area (Å²) in [5.41, 5.74) is 1.85. The maximum atomic E-state index is 12.3. The first-order chi connectivity index (χ1) is 11.1. The third kappa shape index (κ3) is 3.61. The van der Waals surface area contributed by atoms with Gasteiger partial charge in [0.15, 0.2) is 0 Å². The van der Waals surface area contributed by atoms with E-state index in [1.165, 1.54) is 7.11 Å². The molecule has 1 N–H and O–H groups in total. The highest BCUT2D eigenvalue weighted by atomic mass is 32.2. The average molecular weight is 337 g/mol. The highest BCUT2D eigenvalue weighted by molar-refractivity contribution is 7.90. The summed E-state index contributed by atoms with van der Waals surface area (Å²) in [6, 6.07) is 7.61. The van der Waals surface area contributed by atoms with Crippen LogP contribution in [0.1, 0.15) is 5.56 Å². The minimum absolute atomic E-state index is 0.160. The smallest absolute Gasteiger partial charge is 0.219 e. The highest BCUT2D eigenvalue weighted by Crippen LogP contribution is 2.17. The van der Waals surface area contributed by atoms with Gasteiger partial charge in [0.2, 0.25) is 10.0 Å². The number of hydrogen-bond acceptors (Lipinski definition) is 5. The van der Waals surface area contributed by atoms with Crippen molar-refractivity contribution in [3.05, 3.63) is 48.5 Å². The fraction of sp³-hybridized carbons (Fsp3) is 0.400. The van der Waals surface area contributed by atoms with Gasteiger partial charge in [0.05, 0.1) is 19.5 Å². The average Bonchev–Trinajstić information content (AvgIpc) is 3.24. The van der Waals surface area contributed by atoms with Gasteiger partial charge in [0.25, 0.3) is 0 Å². The number of rotatable bonds is 6. The standard InChI is InChI=1S/C15H19N3O4S/c1-21-14-9-22-10-15(14)23(19,20)17-8-12-2-4-13(5-3-12)18-7-6-16-11-18/h2-7,11,14-15,17H,8-10H2,1H3. The number of imidazole rings is 1. The molecule has 1 aromatic heterocycles. The first kappa shape index (κ1) is 16.1. The van der Waals surface area contributed by atoms with Gasteiger partial charge in [-0.1, -0.05) is 12.1 Å². The molecule has 0 radical (unpaired) electrons. The Hall–Kier alpha value is -1.74. The maximum Gasteiger partial charge on any atom is 0.219 e. The van der Waals surface area contributed by atoms with Crippen molar-refractivity contribution in [2.24, 2.45) is 0 Å². The SMILES string of the molecule is COC1COCC1S(=O)(=O)NCc1ccc(-n2ccnc2)cc1. The Morgan fingerprint density at radius 3 is 2.78 bits per heavy atom. The predicted octanol–water partition coefficient (Wildman–Crippen LogP) is 0.706. The molecule has 3 rings (SSSR count). The van der Waals surface area contributed by atoms with Crippen LogP contribution in [0.5, 0.6) is 0 Å². The fourth-order valence-electron chi connectivity index (χ4n) is 2.51. The topological polar surface area (TPSA) is 82.5 Å². The number of ether oxygens (including phenoxy) is 2. The van der Waals surface area contributed by atoms with Gasteiger partial charge in [0.1, 0.15) is 11.4 Å². The molecular weight excluding hydrogens is 318 g/mol. The van der Waals surface area contributed by atoms with E-state index in [9.17, 15) is 8.42 Å². The van der Waals surface area contributed by atoms with Gasteiger partial charge in [-0.15, -0.1) is 0 Å². The van der Waals surface area contributed by atoms with Gasteiger partial charge < -0.3 is 14.0 Å². The van der Waals surface area contributed by atoms with Crippen LogP contribution in [-0.2, 0) is 26.0 Å². The van der Waals surface area contributed by atoms with Crippen LogP contribution < -0.4 is 4.72 Å². The molecule has 0 amide bonds. The van der Waals surface area contributed by atoms with Crippen molar-refractivity contribution in [1.29, 1.82) is 0 Å². The summed E-state index contributed by atoms with van der Waals surface area (Å²) in [5.74, 6) is 0. The van der Waals surface area contributed by atoms with E-state index in [-0.39, 0.29) is 13.2 Å². The number of sulfonamides is 1.